The lowest BCUT2D eigenvalue weighted by molar-refractivity contribution is 0.0693. The molecule has 2 aromatic rings. The maximum Gasteiger partial charge on any atom is 0.339 e. The molecule has 0 unspecified atom stereocenters. The summed E-state index contributed by atoms with van der Waals surface area (Å²) in [4.78, 5) is 24.3. The van der Waals surface area contributed by atoms with Gasteiger partial charge in [-0.2, -0.15) is 9.97 Å². The third-order valence-corrected chi connectivity index (χ3v) is 3.10. The molecule has 0 saturated carbocycles. The largest absolute Gasteiger partial charge is 0.481 e. The highest BCUT2D eigenvalue weighted by Gasteiger charge is 2.18. The number of ether oxygens (including phenoxy) is 3. The van der Waals surface area contributed by atoms with Crippen LogP contribution < -0.4 is 14.2 Å². The number of methoxy groups -OCH3 is 2. The molecule has 1 aromatic carbocycles. The number of oxime groups is 1. The van der Waals surface area contributed by atoms with Crippen molar-refractivity contribution in [2.45, 2.75) is 6.42 Å². The predicted molar refractivity (Wildman–Crippen MR) is 87.8 cm³/mol. The highest BCUT2D eigenvalue weighted by molar-refractivity contribution is 5.93. The molecule has 0 radical (unpaired) electrons. The second-order valence-electron chi connectivity index (χ2n) is 4.61. The number of aromatic nitrogens is 2. The monoisotopic (exact) mass is 347 g/mol. The van der Waals surface area contributed by atoms with E-state index >= 15 is 0 Å². The van der Waals surface area contributed by atoms with Gasteiger partial charge in [0.15, 0.2) is 0 Å². The van der Waals surface area contributed by atoms with E-state index in [-0.39, 0.29) is 35.5 Å². The molecule has 1 aromatic heterocycles. The molecular weight excluding hydrogens is 330 g/mol. The van der Waals surface area contributed by atoms with E-state index in [1.54, 1.807) is 12.1 Å². The molecule has 132 valence electrons. The summed E-state index contributed by atoms with van der Waals surface area (Å²) in [5.41, 5.74) is 0.483. The van der Waals surface area contributed by atoms with Gasteiger partial charge in [-0.3, -0.25) is 0 Å². The maximum absolute atomic E-state index is 11.7. The van der Waals surface area contributed by atoms with Gasteiger partial charge in [0.25, 0.3) is 0 Å². The van der Waals surface area contributed by atoms with Crippen molar-refractivity contribution >= 4 is 12.2 Å². The summed E-state index contributed by atoms with van der Waals surface area (Å²) in [5, 5.41) is 13.1. The first-order valence-corrected chi connectivity index (χ1v) is 7.14. The molecule has 0 fully saturated rings. The molecule has 1 N–H and O–H groups in total. The first kappa shape index (κ1) is 18.0. The predicted octanol–water partition coefficient (Wildman–Crippen LogP) is 2.16. The lowest BCUT2D eigenvalue weighted by Gasteiger charge is -2.11. The number of benzene rings is 1. The van der Waals surface area contributed by atoms with Crippen LogP contribution in [0.4, 0.5) is 0 Å². The lowest BCUT2D eigenvalue weighted by Crippen LogP contribution is -2.07. The van der Waals surface area contributed by atoms with Crippen LogP contribution >= 0.6 is 0 Å². The van der Waals surface area contributed by atoms with E-state index in [0.717, 1.165) is 0 Å². The van der Waals surface area contributed by atoms with Crippen LogP contribution in [0.2, 0.25) is 0 Å². The minimum absolute atomic E-state index is 0.0181. The van der Waals surface area contributed by atoms with E-state index in [9.17, 15) is 9.90 Å². The number of carboxylic acid groups (broad SMARTS) is 1. The van der Waals surface area contributed by atoms with E-state index in [4.69, 9.17) is 14.2 Å². The fourth-order valence-corrected chi connectivity index (χ4v) is 2.02. The molecule has 0 aliphatic heterocycles. The Bertz CT molecular complexity index is 756. The first-order valence-electron chi connectivity index (χ1n) is 7.14. The average molecular weight is 347 g/mol. The molecule has 25 heavy (non-hydrogen) atoms. The van der Waals surface area contributed by atoms with Crippen LogP contribution in [-0.4, -0.2) is 48.6 Å². The standard InChI is InChI=1S/C16H17N3O6/c1-22-12-9-13(23-2)19-16(18-12)25-11-6-4-5-10(7-8-17-24-3)14(11)15(20)21/h4-6,8-9H,7H2,1-3H3,(H,20,21). The van der Waals surface area contributed by atoms with Crippen molar-refractivity contribution in [3.63, 3.8) is 0 Å². The smallest absolute Gasteiger partial charge is 0.339 e. The highest BCUT2D eigenvalue weighted by atomic mass is 16.6. The summed E-state index contributed by atoms with van der Waals surface area (Å²) in [6.07, 6.45) is 1.71. The highest BCUT2D eigenvalue weighted by Crippen LogP contribution is 2.28. The molecule has 0 bridgehead atoms. The van der Waals surface area contributed by atoms with Crippen molar-refractivity contribution in [2.24, 2.45) is 5.16 Å². The van der Waals surface area contributed by atoms with Gasteiger partial charge in [0.2, 0.25) is 11.8 Å². The van der Waals surface area contributed by atoms with Crippen molar-refractivity contribution < 1.29 is 28.9 Å². The van der Waals surface area contributed by atoms with Gasteiger partial charge in [-0.25, -0.2) is 4.79 Å². The van der Waals surface area contributed by atoms with Gasteiger partial charge in [0.05, 0.1) is 20.3 Å². The number of aromatic carboxylic acids is 1. The lowest BCUT2D eigenvalue weighted by atomic mass is 10.0. The minimum atomic E-state index is -1.15. The number of rotatable bonds is 8. The Morgan fingerprint density at radius 3 is 2.44 bits per heavy atom. The van der Waals surface area contributed by atoms with Crippen LogP contribution in [0.1, 0.15) is 15.9 Å². The van der Waals surface area contributed by atoms with Crippen molar-refractivity contribution in [3.05, 3.63) is 35.4 Å². The molecule has 2 rings (SSSR count). The second-order valence-corrected chi connectivity index (χ2v) is 4.61. The summed E-state index contributed by atoms with van der Waals surface area (Å²) in [6, 6.07) is 6.21. The maximum atomic E-state index is 11.7. The van der Waals surface area contributed by atoms with Crippen molar-refractivity contribution in [2.75, 3.05) is 21.3 Å². The summed E-state index contributed by atoms with van der Waals surface area (Å²) in [6.45, 7) is 0. The molecule has 1 heterocycles. The van der Waals surface area contributed by atoms with Crippen LogP contribution in [0.25, 0.3) is 0 Å². The van der Waals surface area contributed by atoms with E-state index in [2.05, 4.69) is 20.0 Å². The van der Waals surface area contributed by atoms with E-state index in [1.807, 2.05) is 0 Å². The summed E-state index contributed by atoms with van der Waals surface area (Å²) >= 11 is 0. The van der Waals surface area contributed by atoms with E-state index in [1.165, 1.54) is 39.7 Å². The Labute approximate surface area is 143 Å². The zero-order chi connectivity index (χ0) is 18.2. The summed E-state index contributed by atoms with van der Waals surface area (Å²) < 4.78 is 15.7. The summed E-state index contributed by atoms with van der Waals surface area (Å²) in [5.74, 6) is -0.610. The van der Waals surface area contributed by atoms with Crippen LogP contribution in [-0.2, 0) is 11.3 Å². The number of carbonyl (C=O) groups is 1. The van der Waals surface area contributed by atoms with Gasteiger partial charge in [0, 0.05) is 12.6 Å². The molecule has 9 heteroatoms. The van der Waals surface area contributed by atoms with Gasteiger partial charge in [-0.05, 0) is 11.6 Å². The van der Waals surface area contributed by atoms with Crippen molar-refractivity contribution in [1.29, 1.82) is 0 Å². The Balaban J connectivity index is 2.40. The topological polar surface area (TPSA) is 112 Å². The van der Waals surface area contributed by atoms with E-state index in [0.29, 0.717) is 5.56 Å². The fourth-order valence-electron chi connectivity index (χ4n) is 2.02. The SMILES string of the molecule is CON=CCc1cccc(Oc2nc(OC)cc(OC)n2)c1C(=O)O. The van der Waals surface area contributed by atoms with Crippen LogP contribution in [0.5, 0.6) is 23.5 Å². The number of hydrogen-bond donors (Lipinski definition) is 1. The molecule has 0 spiro atoms. The molecule has 0 aliphatic carbocycles. The fraction of sp³-hybridized carbons (Fsp3) is 0.250. The van der Waals surface area contributed by atoms with E-state index < -0.39 is 5.97 Å². The van der Waals surface area contributed by atoms with Crippen LogP contribution in [0, 0.1) is 0 Å². The van der Waals surface area contributed by atoms with Gasteiger partial charge < -0.3 is 24.2 Å². The minimum Gasteiger partial charge on any atom is -0.481 e. The molecule has 9 nitrogen and oxygen atoms in total. The Hall–Kier alpha value is -3.36. The molecule has 0 aliphatic rings. The Morgan fingerprint density at radius 2 is 1.88 bits per heavy atom. The number of hydrogen-bond acceptors (Lipinski definition) is 8. The van der Waals surface area contributed by atoms with Crippen LogP contribution in [0.3, 0.4) is 0 Å². The van der Waals surface area contributed by atoms with Gasteiger partial charge in [0.1, 0.15) is 18.4 Å². The normalized spacial score (nSPS) is 10.5. The average Bonchev–Trinajstić information content (AvgIpc) is 2.61. The first-order chi connectivity index (χ1) is 12.1. The second kappa shape index (κ2) is 8.48. The quantitative estimate of drug-likeness (QED) is 0.571. The number of nitrogens with zero attached hydrogens (tertiary/aromatic N) is 3. The van der Waals surface area contributed by atoms with Crippen LogP contribution in [0.15, 0.2) is 29.4 Å². The molecule has 0 amide bonds. The zero-order valence-electron chi connectivity index (χ0n) is 13.9. The van der Waals surface area contributed by atoms with Gasteiger partial charge in [-0.1, -0.05) is 17.3 Å². The molecular formula is C16H17N3O6. The van der Waals surface area contributed by atoms with Gasteiger partial charge in [-0.15, -0.1) is 0 Å². The molecule has 0 atom stereocenters. The van der Waals surface area contributed by atoms with Gasteiger partial charge >= 0.3 is 12.0 Å². The Kier molecular flexibility index (Phi) is 6.10. The third-order valence-electron chi connectivity index (χ3n) is 3.10. The van der Waals surface area contributed by atoms with Crippen molar-refractivity contribution in [3.8, 4) is 23.5 Å². The van der Waals surface area contributed by atoms with Crippen molar-refractivity contribution in [1.82, 2.24) is 9.97 Å². The number of carboxylic acids is 1. The zero-order valence-corrected chi connectivity index (χ0v) is 13.9. The molecule has 0 saturated heterocycles. The summed E-state index contributed by atoms with van der Waals surface area (Å²) in [7, 11) is 4.27. The Morgan fingerprint density at radius 1 is 1.20 bits per heavy atom. The third kappa shape index (κ3) is 4.56.